The van der Waals surface area contributed by atoms with E-state index in [4.69, 9.17) is 11.6 Å². The molecule has 0 fully saturated rings. The second-order valence-corrected chi connectivity index (χ2v) is 4.61. The smallest absolute Gasteiger partial charge is 0.194 e. The van der Waals surface area contributed by atoms with Gasteiger partial charge in [0.05, 0.1) is 5.02 Å². The van der Waals surface area contributed by atoms with Gasteiger partial charge in [0.15, 0.2) is 5.78 Å². The van der Waals surface area contributed by atoms with Crippen molar-refractivity contribution in [2.75, 3.05) is 0 Å². The molecule has 2 rings (SSSR count). The molecule has 3 heteroatoms. The zero-order valence-electron chi connectivity index (χ0n) is 8.99. The number of hydrogen-bond donors (Lipinski definition) is 0. The summed E-state index contributed by atoms with van der Waals surface area (Å²) < 4.78 is 0. The summed E-state index contributed by atoms with van der Waals surface area (Å²) in [5, 5.41) is 1.27. The Morgan fingerprint density at radius 2 is 1.71 bits per heavy atom. The maximum absolute atomic E-state index is 12.2. The molecule has 0 radical (unpaired) electrons. The van der Waals surface area contributed by atoms with Crippen LogP contribution in [0, 0.1) is 0 Å². The van der Waals surface area contributed by atoms with Crippen molar-refractivity contribution in [1.29, 1.82) is 0 Å². The third-order valence-corrected chi connectivity index (χ3v) is 3.47. The molecule has 0 aliphatic heterocycles. The van der Waals surface area contributed by atoms with E-state index < -0.39 is 0 Å². The monoisotopic (exact) mass is 308 g/mol. The first-order chi connectivity index (χ1) is 8.22. The van der Waals surface area contributed by atoms with Gasteiger partial charge >= 0.3 is 0 Å². The van der Waals surface area contributed by atoms with Crippen LogP contribution in [0.2, 0.25) is 5.02 Å². The van der Waals surface area contributed by atoms with Crippen molar-refractivity contribution in [2.24, 2.45) is 0 Å². The molecule has 1 nitrogen and oxygen atoms in total. The van der Waals surface area contributed by atoms with Crippen molar-refractivity contribution >= 4 is 33.3 Å². The zero-order chi connectivity index (χ0) is 12.3. The molecule has 2 aromatic rings. The first kappa shape index (κ1) is 12.3. The molecule has 17 heavy (non-hydrogen) atoms. The molecular formula is C14H10BrClO. The van der Waals surface area contributed by atoms with Crippen molar-refractivity contribution < 1.29 is 4.79 Å². The number of ketones is 1. The number of alkyl halides is 1. The van der Waals surface area contributed by atoms with E-state index in [1.165, 1.54) is 0 Å². The van der Waals surface area contributed by atoms with Crippen LogP contribution in [0.4, 0.5) is 0 Å². The molecule has 2 aromatic carbocycles. The molecule has 0 saturated heterocycles. The van der Waals surface area contributed by atoms with E-state index in [0.717, 1.165) is 10.9 Å². The topological polar surface area (TPSA) is 17.1 Å². The minimum absolute atomic E-state index is 0.0447. The summed E-state index contributed by atoms with van der Waals surface area (Å²) in [6.07, 6.45) is 0. The average molecular weight is 310 g/mol. The molecule has 0 amide bonds. The highest BCUT2D eigenvalue weighted by molar-refractivity contribution is 9.08. The van der Waals surface area contributed by atoms with E-state index in [1.54, 1.807) is 12.1 Å². The molecule has 0 aliphatic carbocycles. The van der Waals surface area contributed by atoms with Crippen LogP contribution in [0.1, 0.15) is 21.5 Å². The van der Waals surface area contributed by atoms with Gasteiger partial charge in [0, 0.05) is 16.5 Å². The molecule has 86 valence electrons. The maximum Gasteiger partial charge on any atom is 0.194 e. The quantitative estimate of drug-likeness (QED) is 0.604. The Morgan fingerprint density at radius 3 is 2.29 bits per heavy atom. The fraction of sp³-hybridized carbons (Fsp3) is 0.0714. The number of rotatable bonds is 3. The van der Waals surface area contributed by atoms with Gasteiger partial charge in [-0.2, -0.15) is 0 Å². The highest BCUT2D eigenvalue weighted by atomic mass is 79.9. The standard InChI is InChI=1S/C14H10BrClO/c15-9-10-5-7-11(8-6-10)14(17)12-3-1-2-4-13(12)16/h1-8H,9H2. The fourth-order valence-electron chi connectivity index (χ4n) is 1.55. The van der Waals surface area contributed by atoms with Crippen molar-refractivity contribution in [1.82, 2.24) is 0 Å². The zero-order valence-corrected chi connectivity index (χ0v) is 11.3. The van der Waals surface area contributed by atoms with E-state index in [0.29, 0.717) is 16.1 Å². The molecule has 0 aromatic heterocycles. The fourth-order valence-corrected chi connectivity index (χ4v) is 2.14. The van der Waals surface area contributed by atoms with Crippen molar-refractivity contribution in [3.63, 3.8) is 0 Å². The van der Waals surface area contributed by atoms with Crippen LogP contribution in [0.15, 0.2) is 48.5 Å². The van der Waals surface area contributed by atoms with E-state index in [-0.39, 0.29) is 5.78 Å². The largest absolute Gasteiger partial charge is 0.289 e. The Labute approximate surface area is 114 Å². The van der Waals surface area contributed by atoms with E-state index in [2.05, 4.69) is 15.9 Å². The van der Waals surface area contributed by atoms with Gasteiger partial charge in [0.2, 0.25) is 0 Å². The molecule has 0 unspecified atom stereocenters. The van der Waals surface area contributed by atoms with Gasteiger partial charge < -0.3 is 0 Å². The van der Waals surface area contributed by atoms with Gasteiger partial charge in [-0.3, -0.25) is 4.79 Å². The second-order valence-electron chi connectivity index (χ2n) is 3.64. The van der Waals surface area contributed by atoms with Gasteiger partial charge in [-0.15, -0.1) is 0 Å². The molecule has 0 spiro atoms. The minimum Gasteiger partial charge on any atom is -0.289 e. The predicted octanol–water partition coefficient (Wildman–Crippen LogP) is 4.47. The third kappa shape index (κ3) is 2.76. The number of halogens is 2. The molecule has 0 saturated carbocycles. The Hall–Kier alpha value is -1.12. The van der Waals surface area contributed by atoms with Crippen LogP contribution in [0.25, 0.3) is 0 Å². The van der Waals surface area contributed by atoms with Crippen LogP contribution in [-0.4, -0.2) is 5.78 Å². The molecule has 0 atom stereocenters. The molecule has 0 heterocycles. The van der Waals surface area contributed by atoms with Gasteiger partial charge in [0.1, 0.15) is 0 Å². The summed E-state index contributed by atoms with van der Waals surface area (Å²) >= 11 is 9.37. The van der Waals surface area contributed by atoms with Crippen molar-refractivity contribution in [3.8, 4) is 0 Å². The van der Waals surface area contributed by atoms with Crippen molar-refractivity contribution in [3.05, 3.63) is 70.2 Å². The van der Waals surface area contributed by atoms with Gasteiger partial charge in [-0.1, -0.05) is 63.9 Å². The molecule has 0 N–H and O–H groups in total. The summed E-state index contributed by atoms with van der Waals surface area (Å²) in [6.45, 7) is 0. The number of benzene rings is 2. The van der Waals surface area contributed by atoms with Gasteiger partial charge in [-0.25, -0.2) is 0 Å². The SMILES string of the molecule is O=C(c1ccc(CBr)cc1)c1ccccc1Cl. The third-order valence-electron chi connectivity index (χ3n) is 2.49. The number of hydrogen-bond acceptors (Lipinski definition) is 1. The Morgan fingerprint density at radius 1 is 1.06 bits per heavy atom. The van der Waals surface area contributed by atoms with Gasteiger partial charge in [-0.05, 0) is 17.7 Å². The van der Waals surface area contributed by atoms with Crippen LogP contribution >= 0.6 is 27.5 Å². The van der Waals surface area contributed by atoms with Crippen LogP contribution in [0.5, 0.6) is 0 Å². The molecule has 0 aliphatic rings. The van der Waals surface area contributed by atoms with Crippen LogP contribution in [-0.2, 0) is 5.33 Å². The number of carbonyl (C=O) groups is 1. The highest BCUT2D eigenvalue weighted by Crippen LogP contribution is 2.19. The van der Waals surface area contributed by atoms with Crippen LogP contribution < -0.4 is 0 Å². The minimum atomic E-state index is -0.0447. The van der Waals surface area contributed by atoms with Crippen molar-refractivity contribution in [2.45, 2.75) is 5.33 Å². The van der Waals surface area contributed by atoms with E-state index in [1.807, 2.05) is 36.4 Å². The summed E-state index contributed by atoms with van der Waals surface area (Å²) in [7, 11) is 0. The van der Waals surface area contributed by atoms with E-state index >= 15 is 0 Å². The lowest BCUT2D eigenvalue weighted by Gasteiger charge is -2.04. The Balaban J connectivity index is 2.34. The first-order valence-corrected chi connectivity index (χ1v) is 6.66. The molecular weight excluding hydrogens is 300 g/mol. The summed E-state index contributed by atoms with van der Waals surface area (Å²) in [6, 6.07) is 14.6. The Kier molecular flexibility index (Phi) is 3.97. The first-order valence-electron chi connectivity index (χ1n) is 5.16. The van der Waals surface area contributed by atoms with Gasteiger partial charge in [0.25, 0.3) is 0 Å². The second kappa shape index (κ2) is 5.48. The summed E-state index contributed by atoms with van der Waals surface area (Å²) in [4.78, 5) is 12.2. The predicted molar refractivity (Wildman–Crippen MR) is 74.0 cm³/mol. The maximum atomic E-state index is 12.2. The lowest BCUT2D eigenvalue weighted by atomic mass is 10.0. The highest BCUT2D eigenvalue weighted by Gasteiger charge is 2.11. The average Bonchev–Trinajstić information content (AvgIpc) is 2.39. The summed E-state index contributed by atoms with van der Waals surface area (Å²) in [5.41, 5.74) is 2.34. The number of carbonyl (C=O) groups excluding carboxylic acids is 1. The summed E-state index contributed by atoms with van der Waals surface area (Å²) in [5.74, 6) is -0.0447. The lowest BCUT2D eigenvalue weighted by molar-refractivity contribution is 0.103. The van der Waals surface area contributed by atoms with E-state index in [9.17, 15) is 4.79 Å². The Bertz CT molecular complexity index is 534. The van der Waals surface area contributed by atoms with Crippen LogP contribution in [0.3, 0.4) is 0 Å². The lowest BCUT2D eigenvalue weighted by Crippen LogP contribution is -2.01. The normalized spacial score (nSPS) is 10.2. The molecule has 0 bridgehead atoms.